The van der Waals surface area contributed by atoms with Crippen molar-refractivity contribution in [3.63, 3.8) is 0 Å². The maximum atomic E-state index is 5.33. The second kappa shape index (κ2) is 5.62. The lowest BCUT2D eigenvalue weighted by Crippen LogP contribution is -1.91. The molecule has 2 aromatic heterocycles. The Kier molecular flexibility index (Phi) is 4.44. The molecule has 0 aromatic carbocycles. The monoisotopic (exact) mass is 287 g/mol. The number of nitrogen functional groups attached to an aromatic ring is 2. The van der Waals surface area contributed by atoms with E-state index >= 15 is 0 Å². The summed E-state index contributed by atoms with van der Waals surface area (Å²) in [4.78, 5) is 7.40. The normalized spacial score (nSPS) is 9.20. The first-order chi connectivity index (χ1) is 7.08. The Bertz CT molecular complexity index is 376. The quantitative estimate of drug-likeness (QED) is 0.772. The molecule has 0 fully saturated rings. The van der Waals surface area contributed by atoms with E-state index in [2.05, 4.69) is 30.3 Å². The van der Waals surface area contributed by atoms with E-state index in [1.165, 1.54) is 11.5 Å². The molecule has 5 nitrogen and oxygen atoms in total. The summed E-state index contributed by atoms with van der Waals surface area (Å²) < 4.78 is 4.77. The number of nitrogens with two attached hydrogens (primary N) is 2. The number of hydrogen-bond acceptors (Lipinski definition) is 6. The maximum Gasteiger partial charge on any atom is 0.219 e. The first-order valence-electron chi connectivity index (χ1n) is 3.99. The number of halogens is 1. The summed E-state index contributed by atoms with van der Waals surface area (Å²) in [5.41, 5.74) is 11.5. The molecule has 0 unspecified atom stereocenters. The minimum absolute atomic E-state index is 0.299. The number of anilines is 2. The van der Waals surface area contributed by atoms with Crippen LogP contribution in [0.3, 0.4) is 0 Å². The summed E-state index contributed by atoms with van der Waals surface area (Å²) in [6.07, 6.45) is 3.20. The van der Waals surface area contributed by atoms with Crippen molar-refractivity contribution in [2.24, 2.45) is 0 Å². The van der Waals surface area contributed by atoms with Crippen molar-refractivity contribution in [1.29, 1.82) is 0 Å². The minimum atomic E-state index is 0.299. The molecule has 80 valence electrons. The van der Waals surface area contributed by atoms with Crippen LogP contribution in [0.15, 0.2) is 22.9 Å². The Morgan fingerprint density at radius 1 is 1.27 bits per heavy atom. The van der Waals surface area contributed by atoms with E-state index in [9.17, 15) is 0 Å². The number of rotatable bonds is 0. The van der Waals surface area contributed by atoms with Gasteiger partial charge >= 0.3 is 0 Å². The van der Waals surface area contributed by atoms with Gasteiger partial charge in [-0.3, -0.25) is 0 Å². The van der Waals surface area contributed by atoms with Crippen LogP contribution in [0.1, 0.15) is 5.69 Å². The van der Waals surface area contributed by atoms with E-state index < -0.39 is 0 Å². The first kappa shape index (κ1) is 11.9. The van der Waals surface area contributed by atoms with Gasteiger partial charge in [-0.1, -0.05) is 0 Å². The minimum Gasteiger partial charge on any atom is -0.389 e. The summed E-state index contributed by atoms with van der Waals surface area (Å²) in [5, 5.41) is 0.789. The van der Waals surface area contributed by atoms with Gasteiger partial charge in [0.15, 0.2) is 0 Å². The molecule has 0 amide bonds. The van der Waals surface area contributed by atoms with Gasteiger partial charge in [-0.2, -0.15) is 4.37 Å². The third kappa shape index (κ3) is 4.71. The van der Waals surface area contributed by atoms with Gasteiger partial charge in [-0.15, -0.1) is 0 Å². The van der Waals surface area contributed by atoms with E-state index in [1.54, 1.807) is 12.4 Å². The molecule has 0 aliphatic heterocycles. The Hall–Kier alpha value is -1.21. The Morgan fingerprint density at radius 3 is 2.13 bits per heavy atom. The molecular weight excluding hydrogens is 278 g/mol. The number of aryl methyl sites for hydroxylation is 1. The highest BCUT2D eigenvalue weighted by Gasteiger charge is 1.87. The first-order valence-corrected chi connectivity index (χ1v) is 5.56. The molecule has 0 atom stereocenters. The third-order valence-electron chi connectivity index (χ3n) is 1.29. The average Bonchev–Trinajstić information content (AvgIpc) is 2.56. The average molecular weight is 288 g/mol. The summed E-state index contributed by atoms with van der Waals surface area (Å²) in [6, 6.07) is 1.85. The van der Waals surface area contributed by atoms with Crippen LogP contribution >= 0.6 is 27.5 Å². The van der Waals surface area contributed by atoms with Crippen LogP contribution in [0.4, 0.5) is 10.9 Å². The Balaban J connectivity index is 0.000000151. The van der Waals surface area contributed by atoms with Gasteiger partial charge in [0, 0.05) is 12.4 Å². The molecule has 4 N–H and O–H groups in total. The fraction of sp³-hybridized carbons (Fsp3) is 0.125. The van der Waals surface area contributed by atoms with Crippen molar-refractivity contribution in [2.75, 3.05) is 11.5 Å². The zero-order valence-electron chi connectivity index (χ0n) is 8.01. The van der Waals surface area contributed by atoms with Crippen LogP contribution in [-0.2, 0) is 0 Å². The second-order valence-electron chi connectivity index (χ2n) is 2.63. The van der Waals surface area contributed by atoms with Crippen molar-refractivity contribution in [2.45, 2.75) is 6.92 Å². The molecule has 0 bridgehead atoms. The van der Waals surface area contributed by atoms with Crippen molar-refractivity contribution >= 4 is 38.4 Å². The van der Waals surface area contributed by atoms with Crippen molar-refractivity contribution < 1.29 is 0 Å². The van der Waals surface area contributed by atoms with E-state index in [1.807, 2.05) is 13.0 Å². The van der Waals surface area contributed by atoms with E-state index in [0.717, 1.165) is 15.2 Å². The third-order valence-corrected chi connectivity index (χ3v) is 2.40. The van der Waals surface area contributed by atoms with E-state index in [-0.39, 0.29) is 0 Å². The van der Waals surface area contributed by atoms with Gasteiger partial charge in [-0.25, -0.2) is 9.97 Å². The highest BCUT2D eigenvalue weighted by atomic mass is 79.9. The van der Waals surface area contributed by atoms with Gasteiger partial charge in [0.1, 0.15) is 5.00 Å². The van der Waals surface area contributed by atoms with Gasteiger partial charge in [0.25, 0.3) is 0 Å². The number of nitrogens with zero attached hydrogens (tertiary/aromatic N) is 3. The fourth-order valence-corrected chi connectivity index (χ4v) is 1.44. The highest BCUT2D eigenvalue weighted by Crippen LogP contribution is 2.08. The second-order valence-corrected chi connectivity index (χ2v) is 4.38. The molecule has 0 saturated carbocycles. The predicted molar refractivity (Wildman–Crippen MR) is 65.4 cm³/mol. The smallest absolute Gasteiger partial charge is 0.219 e. The lowest BCUT2D eigenvalue weighted by atomic mass is 10.5. The van der Waals surface area contributed by atoms with Gasteiger partial charge < -0.3 is 11.5 Å². The van der Waals surface area contributed by atoms with Gasteiger partial charge in [0.05, 0.1) is 10.2 Å². The standard InChI is InChI=1S/C4H4BrN3.C4H6N2S/c5-3-1-7-4(6)8-2-3;1-3-2-4(5)7-6-3/h1-2H,(H2,6,7,8);2H,5H2,1H3. The SMILES string of the molecule is Cc1cc(N)sn1.Nc1ncc(Br)cn1. The molecular formula is C8H10BrN5S. The topological polar surface area (TPSA) is 90.7 Å². The summed E-state index contributed by atoms with van der Waals surface area (Å²) >= 11 is 4.50. The van der Waals surface area contributed by atoms with Crippen molar-refractivity contribution in [3.8, 4) is 0 Å². The largest absolute Gasteiger partial charge is 0.389 e. The molecule has 2 heterocycles. The molecule has 7 heteroatoms. The van der Waals surface area contributed by atoms with Crippen LogP contribution in [0, 0.1) is 6.92 Å². The van der Waals surface area contributed by atoms with Crippen LogP contribution in [0.25, 0.3) is 0 Å². The van der Waals surface area contributed by atoms with E-state index in [4.69, 9.17) is 11.5 Å². The molecule has 15 heavy (non-hydrogen) atoms. The van der Waals surface area contributed by atoms with E-state index in [0.29, 0.717) is 5.95 Å². The van der Waals surface area contributed by atoms with Crippen molar-refractivity contribution in [3.05, 3.63) is 28.6 Å². The molecule has 0 aliphatic carbocycles. The predicted octanol–water partition coefficient (Wildman–Crippen LogP) is 1.86. The zero-order valence-corrected chi connectivity index (χ0v) is 10.4. The van der Waals surface area contributed by atoms with Gasteiger partial charge in [-0.05, 0) is 40.5 Å². The molecule has 0 spiro atoms. The summed E-state index contributed by atoms with van der Waals surface area (Å²) in [6.45, 7) is 1.92. The molecule has 0 aliphatic rings. The maximum absolute atomic E-state index is 5.33. The molecule has 0 saturated heterocycles. The van der Waals surface area contributed by atoms with Crippen LogP contribution in [0.2, 0.25) is 0 Å². The lowest BCUT2D eigenvalue weighted by molar-refractivity contribution is 1.17. The van der Waals surface area contributed by atoms with Gasteiger partial charge in [0.2, 0.25) is 5.95 Å². The summed E-state index contributed by atoms with van der Waals surface area (Å²) in [5.74, 6) is 0.299. The zero-order chi connectivity index (χ0) is 11.3. The van der Waals surface area contributed by atoms with Crippen LogP contribution in [0.5, 0.6) is 0 Å². The lowest BCUT2D eigenvalue weighted by Gasteiger charge is -1.87. The molecule has 2 aromatic rings. The molecule has 2 rings (SSSR count). The van der Waals surface area contributed by atoms with Crippen molar-refractivity contribution in [1.82, 2.24) is 14.3 Å². The fourth-order valence-electron chi connectivity index (χ4n) is 0.706. The van der Waals surface area contributed by atoms with Crippen LogP contribution < -0.4 is 11.5 Å². The number of hydrogen-bond donors (Lipinski definition) is 2. The van der Waals surface area contributed by atoms with Crippen LogP contribution in [-0.4, -0.2) is 14.3 Å². The number of aromatic nitrogens is 3. The molecule has 0 radical (unpaired) electrons. The highest BCUT2D eigenvalue weighted by molar-refractivity contribution is 9.10. The Morgan fingerprint density at radius 2 is 1.87 bits per heavy atom. The summed E-state index contributed by atoms with van der Waals surface area (Å²) in [7, 11) is 0. The Labute approximate surface area is 99.8 Å².